The van der Waals surface area contributed by atoms with Gasteiger partial charge in [-0.25, -0.2) is 0 Å². The predicted molar refractivity (Wildman–Crippen MR) is 114 cm³/mol. The van der Waals surface area contributed by atoms with Gasteiger partial charge in [0.15, 0.2) is 0 Å². The van der Waals surface area contributed by atoms with Crippen LogP contribution in [0.3, 0.4) is 0 Å². The maximum absolute atomic E-state index is 12.3. The third-order valence-electron chi connectivity index (χ3n) is 5.41. The number of rotatable bonds is 8. The first kappa shape index (κ1) is 21.0. The van der Waals surface area contributed by atoms with Crippen molar-refractivity contribution in [2.45, 2.75) is 38.4 Å². The number of carbonyl (C=O) groups excluding carboxylic acids is 2. The molecule has 2 aromatic carbocycles. The number of likely N-dealkylation sites (tertiary alicyclic amines) is 1. The second-order valence-corrected chi connectivity index (χ2v) is 7.81. The van der Waals surface area contributed by atoms with E-state index in [2.05, 4.69) is 22.3 Å². The normalized spacial score (nSPS) is 18.2. The highest BCUT2D eigenvalue weighted by atomic mass is 16.2. The number of primary amides is 1. The summed E-state index contributed by atoms with van der Waals surface area (Å²) >= 11 is 0. The second-order valence-electron chi connectivity index (χ2n) is 7.81. The van der Waals surface area contributed by atoms with E-state index in [1.54, 1.807) is 0 Å². The Labute approximate surface area is 172 Å². The summed E-state index contributed by atoms with van der Waals surface area (Å²) < 4.78 is 0. The standard InChI is InChI=1S/C23H30N4O2/c24-21(13-17-6-2-1-3-7-17)23(29)26-14-18-8-4-9-19(12-18)15-27-11-5-10-20(16-27)22(25)28/h1-4,6-9,12,20-21H,5,10-11,13-16,24H2,(H2,25,28)(H,26,29). The highest BCUT2D eigenvalue weighted by Crippen LogP contribution is 2.18. The minimum atomic E-state index is -0.570. The molecule has 0 saturated carbocycles. The van der Waals surface area contributed by atoms with Crippen LogP contribution in [0.25, 0.3) is 0 Å². The van der Waals surface area contributed by atoms with Gasteiger partial charge in [-0.1, -0.05) is 54.6 Å². The Balaban J connectivity index is 1.50. The molecule has 0 radical (unpaired) electrons. The van der Waals surface area contributed by atoms with E-state index in [0.717, 1.165) is 42.6 Å². The molecule has 2 unspecified atom stereocenters. The van der Waals surface area contributed by atoms with Crippen molar-refractivity contribution in [3.05, 3.63) is 71.3 Å². The first-order valence-electron chi connectivity index (χ1n) is 10.2. The lowest BCUT2D eigenvalue weighted by molar-refractivity contribution is -0.123. The molecule has 1 fully saturated rings. The number of nitrogens with zero attached hydrogens (tertiary/aromatic N) is 1. The van der Waals surface area contributed by atoms with Gasteiger partial charge in [0, 0.05) is 19.6 Å². The Hall–Kier alpha value is -2.70. The van der Waals surface area contributed by atoms with E-state index in [9.17, 15) is 9.59 Å². The van der Waals surface area contributed by atoms with Gasteiger partial charge in [-0.15, -0.1) is 0 Å². The molecule has 0 spiro atoms. The van der Waals surface area contributed by atoms with Gasteiger partial charge in [-0.3, -0.25) is 14.5 Å². The Morgan fingerprint density at radius 3 is 2.55 bits per heavy atom. The summed E-state index contributed by atoms with van der Waals surface area (Å²) in [5, 5.41) is 2.93. The Morgan fingerprint density at radius 2 is 1.79 bits per heavy atom. The van der Waals surface area contributed by atoms with Crippen molar-refractivity contribution in [2.75, 3.05) is 13.1 Å². The van der Waals surface area contributed by atoms with Crippen molar-refractivity contribution in [3.63, 3.8) is 0 Å². The molecule has 1 aliphatic rings. The van der Waals surface area contributed by atoms with Gasteiger partial charge in [0.2, 0.25) is 11.8 Å². The van der Waals surface area contributed by atoms with E-state index in [0.29, 0.717) is 19.5 Å². The topological polar surface area (TPSA) is 101 Å². The highest BCUT2D eigenvalue weighted by Gasteiger charge is 2.23. The van der Waals surface area contributed by atoms with Crippen LogP contribution >= 0.6 is 0 Å². The van der Waals surface area contributed by atoms with Crippen LogP contribution < -0.4 is 16.8 Å². The number of hydrogen-bond donors (Lipinski definition) is 3. The molecule has 154 valence electrons. The average molecular weight is 395 g/mol. The Bertz CT molecular complexity index is 825. The zero-order chi connectivity index (χ0) is 20.6. The summed E-state index contributed by atoms with van der Waals surface area (Å²) in [6, 6.07) is 17.4. The molecular weight excluding hydrogens is 364 g/mol. The number of benzene rings is 2. The zero-order valence-corrected chi connectivity index (χ0v) is 16.7. The van der Waals surface area contributed by atoms with Crippen molar-refractivity contribution < 1.29 is 9.59 Å². The minimum Gasteiger partial charge on any atom is -0.369 e. The van der Waals surface area contributed by atoms with Gasteiger partial charge in [0.1, 0.15) is 0 Å². The van der Waals surface area contributed by atoms with Crippen molar-refractivity contribution in [1.29, 1.82) is 0 Å². The van der Waals surface area contributed by atoms with E-state index in [1.807, 2.05) is 42.5 Å². The molecule has 1 heterocycles. The van der Waals surface area contributed by atoms with E-state index < -0.39 is 6.04 Å². The molecule has 29 heavy (non-hydrogen) atoms. The molecule has 1 aliphatic heterocycles. The Morgan fingerprint density at radius 1 is 1.07 bits per heavy atom. The lowest BCUT2D eigenvalue weighted by Gasteiger charge is -2.31. The van der Waals surface area contributed by atoms with Gasteiger partial charge in [-0.05, 0) is 42.5 Å². The van der Waals surface area contributed by atoms with E-state index >= 15 is 0 Å². The fourth-order valence-corrected chi connectivity index (χ4v) is 3.81. The smallest absolute Gasteiger partial charge is 0.237 e. The van der Waals surface area contributed by atoms with E-state index in [4.69, 9.17) is 11.5 Å². The Kier molecular flexibility index (Phi) is 7.38. The molecular formula is C23H30N4O2. The molecule has 2 amide bonds. The van der Waals surface area contributed by atoms with Crippen molar-refractivity contribution >= 4 is 11.8 Å². The van der Waals surface area contributed by atoms with Crippen LogP contribution in [0.15, 0.2) is 54.6 Å². The summed E-state index contributed by atoms with van der Waals surface area (Å²) in [7, 11) is 0. The van der Waals surface area contributed by atoms with Crippen LogP contribution in [0.1, 0.15) is 29.5 Å². The number of hydrogen-bond acceptors (Lipinski definition) is 4. The number of nitrogens with one attached hydrogen (secondary N) is 1. The SMILES string of the molecule is NC(=O)C1CCCN(Cc2cccc(CNC(=O)C(N)Cc3ccccc3)c2)C1. The van der Waals surface area contributed by atoms with Crippen LogP contribution in [0, 0.1) is 5.92 Å². The summed E-state index contributed by atoms with van der Waals surface area (Å²) in [6.45, 7) is 2.90. The first-order valence-corrected chi connectivity index (χ1v) is 10.2. The number of amides is 2. The molecule has 2 aromatic rings. The molecule has 0 aliphatic carbocycles. The van der Waals surface area contributed by atoms with E-state index in [-0.39, 0.29) is 17.7 Å². The fourth-order valence-electron chi connectivity index (χ4n) is 3.81. The highest BCUT2D eigenvalue weighted by molar-refractivity contribution is 5.81. The van der Waals surface area contributed by atoms with Crippen LogP contribution in [-0.2, 0) is 29.1 Å². The lowest BCUT2D eigenvalue weighted by Crippen LogP contribution is -2.41. The van der Waals surface area contributed by atoms with Crippen LogP contribution in [0.5, 0.6) is 0 Å². The predicted octanol–water partition coefficient (Wildman–Crippen LogP) is 1.57. The van der Waals surface area contributed by atoms with Crippen molar-refractivity contribution in [1.82, 2.24) is 10.2 Å². The molecule has 6 heteroatoms. The van der Waals surface area contributed by atoms with Gasteiger partial charge in [0.25, 0.3) is 0 Å². The van der Waals surface area contributed by atoms with Gasteiger partial charge < -0.3 is 16.8 Å². The molecule has 0 bridgehead atoms. The lowest BCUT2D eigenvalue weighted by atomic mass is 9.97. The summed E-state index contributed by atoms with van der Waals surface area (Å²) in [6.07, 6.45) is 2.38. The summed E-state index contributed by atoms with van der Waals surface area (Å²) in [5.41, 5.74) is 14.8. The monoisotopic (exact) mass is 394 g/mol. The van der Waals surface area contributed by atoms with Crippen LogP contribution in [0.4, 0.5) is 0 Å². The molecule has 2 atom stereocenters. The molecule has 3 rings (SSSR count). The third kappa shape index (κ3) is 6.41. The molecule has 5 N–H and O–H groups in total. The fraction of sp³-hybridized carbons (Fsp3) is 0.391. The molecule has 1 saturated heterocycles. The van der Waals surface area contributed by atoms with Crippen molar-refractivity contribution in [2.24, 2.45) is 17.4 Å². The molecule has 6 nitrogen and oxygen atoms in total. The second kappa shape index (κ2) is 10.2. The van der Waals surface area contributed by atoms with Crippen LogP contribution in [0.2, 0.25) is 0 Å². The number of piperidine rings is 1. The third-order valence-corrected chi connectivity index (χ3v) is 5.41. The average Bonchev–Trinajstić information content (AvgIpc) is 2.73. The van der Waals surface area contributed by atoms with Crippen molar-refractivity contribution in [3.8, 4) is 0 Å². The number of carbonyl (C=O) groups is 2. The maximum atomic E-state index is 12.3. The van der Waals surface area contributed by atoms with Gasteiger partial charge in [-0.2, -0.15) is 0 Å². The van der Waals surface area contributed by atoms with Gasteiger partial charge in [0.05, 0.1) is 12.0 Å². The summed E-state index contributed by atoms with van der Waals surface area (Å²) in [4.78, 5) is 26.1. The maximum Gasteiger partial charge on any atom is 0.237 e. The van der Waals surface area contributed by atoms with Crippen LogP contribution in [-0.4, -0.2) is 35.8 Å². The zero-order valence-electron chi connectivity index (χ0n) is 16.7. The number of nitrogens with two attached hydrogens (primary N) is 2. The minimum absolute atomic E-state index is 0.0580. The quantitative estimate of drug-likeness (QED) is 0.632. The summed E-state index contributed by atoms with van der Waals surface area (Å²) in [5.74, 6) is -0.421. The largest absolute Gasteiger partial charge is 0.369 e. The van der Waals surface area contributed by atoms with Gasteiger partial charge >= 0.3 is 0 Å². The first-order chi connectivity index (χ1) is 14.0. The molecule has 0 aromatic heterocycles. The van der Waals surface area contributed by atoms with E-state index in [1.165, 1.54) is 0 Å².